The Labute approximate surface area is 213 Å². The molecule has 2 aliphatic heterocycles. The van der Waals surface area contributed by atoms with Crippen LogP contribution in [-0.4, -0.2) is 75.9 Å². The van der Waals surface area contributed by atoms with Gasteiger partial charge in [0.1, 0.15) is 0 Å². The molecule has 4 rings (SSSR count). The Morgan fingerprint density at radius 1 is 1.06 bits per heavy atom. The van der Waals surface area contributed by atoms with Gasteiger partial charge < -0.3 is 10.1 Å². The molecule has 0 aromatic heterocycles. The normalized spacial score (nSPS) is 19.5. The van der Waals surface area contributed by atoms with Gasteiger partial charge in [-0.05, 0) is 42.5 Å². The number of carbonyl (C=O) groups excluding carboxylic acids is 1. The molecule has 9 heteroatoms. The monoisotopic (exact) mass is 519 g/mol. The molecule has 0 spiro atoms. The second-order valence-electron chi connectivity index (χ2n) is 9.35. The first-order valence-corrected chi connectivity index (χ1v) is 14.1. The van der Waals surface area contributed by atoms with E-state index in [-0.39, 0.29) is 23.3 Å². The number of morpholine rings is 1. The molecular weight excluding hydrogens is 486 g/mol. The number of nitrogens with zero attached hydrogens (tertiary/aromatic N) is 2. The van der Waals surface area contributed by atoms with E-state index in [1.54, 1.807) is 28.6 Å². The van der Waals surface area contributed by atoms with E-state index in [0.717, 1.165) is 31.5 Å². The lowest BCUT2D eigenvalue weighted by molar-refractivity contribution is 0.0162. The van der Waals surface area contributed by atoms with Crippen molar-refractivity contribution in [1.29, 1.82) is 0 Å². The molecule has 35 heavy (non-hydrogen) atoms. The molecule has 190 valence electrons. The van der Waals surface area contributed by atoms with Crippen LogP contribution in [0.4, 0.5) is 0 Å². The van der Waals surface area contributed by atoms with Crippen molar-refractivity contribution < 1.29 is 17.9 Å². The van der Waals surface area contributed by atoms with Crippen molar-refractivity contribution >= 4 is 27.4 Å². The van der Waals surface area contributed by atoms with Gasteiger partial charge in [0, 0.05) is 49.4 Å². The summed E-state index contributed by atoms with van der Waals surface area (Å²) in [6.45, 7) is 6.91. The van der Waals surface area contributed by atoms with Gasteiger partial charge in [0.15, 0.2) is 5.78 Å². The summed E-state index contributed by atoms with van der Waals surface area (Å²) < 4.78 is 32.9. The van der Waals surface area contributed by atoms with Crippen LogP contribution in [0.2, 0.25) is 5.02 Å². The summed E-state index contributed by atoms with van der Waals surface area (Å²) in [6, 6.07) is 14.1. The highest BCUT2D eigenvalue weighted by Crippen LogP contribution is 2.28. The zero-order valence-corrected chi connectivity index (χ0v) is 21.7. The molecule has 0 amide bonds. The summed E-state index contributed by atoms with van der Waals surface area (Å²) >= 11 is 6.49. The molecule has 7 nitrogen and oxygen atoms in total. The largest absolute Gasteiger partial charge is 0.379 e. The average Bonchev–Trinajstić information content (AvgIpc) is 2.88. The Morgan fingerprint density at radius 3 is 2.37 bits per heavy atom. The third kappa shape index (κ3) is 6.50. The van der Waals surface area contributed by atoms with Gasteiger partial charge in [-0.25, -0.2) is 8.42 Å². The number of Topliss-reactive ketones (excluding diaryl/α,β-unsaturated/α-hetero) is 1. The fourth-order valence-electron chi connectivity index (χ4n) is 4.68. The number of nitrogens with one attached hydrogen (secondary N) is 1. The predicted molar refractivity (Wildman–Crippen MR) is 137 cm³/mol. The number of ether oxygens (including phenoxy) is 1. The second kappa shape index (κ2) is 12.0. The summed E-state index contributed by atoms with van der Waals surface area (Å²) in [5, 5.41) is 4.00. The van der Waals surface area contributed by atoms with Gasteiger partial charge in [0.25, 0.3) is 0 Å². The van der Waals surface area contributed by atoms with Gasteiger partial charge in [0.05, 0.1) is 24.7 Å². The molecule has 2 heterocycles. The molecule has 1 unspecified atom stereocenters. The fraction of sp³-hybridized carbons (Fsp3) is 0.500. The topological polar surface area (TPSA) is 79.0 Å². The Morgan fingerprint density at radius 2 is 1.71 bits per heavy atom. The molecule has 1 atom stereocenters. The molecular formula is C26H34ClN3O4S. The first-order chi connectivity index (χ1) is 16.9. The molecule has 2 aromatic rings. The standard InChI is InChI=1S/C26H34ClN3O4S/c1-20-10-12-30(13-11-20)35(32,33)22-8-6-21(7-9-22)26(31)19-28-18-25(29-14-16-34-17-15-29)23-4-2-3-5-24(23)27/h2-9,20,25,28H,10-19H2,1H3. The third-order valence-electron chi connectivity index (χ3n) is 6.93. The minimum atomic E-state index is -3.53. The van der Waals surface area contributed by atoms with Crippen molar-refractivity contribution in [3.63, 3.8) is 0 Å². The summed E-state index contributed by atoms with van der Waals surface area (Å²) in [5.41, 5.74) is 1.52. The highest BCUT2D eigenvalue weighted by atomic mass is 35.5. The molecule has 0 saturated carbocycles. The zero-order chi connectivity index (χ0) is 24.8. The lowest BCUT2D eigenvalue weighted by Gasteiger charge is -2.35. The van der Waals surface area contributed by atoms with E-state index in [9.17, 15) is 13.2 Å². The Balaban J connectivity index is 1.37. The maximum atomic E-state index is 12.9. The van der Waals surface area contributed by atoms with Gasteiger partial charge >= 0.3 is 0 Å². The number of carbonyl (C=O) groups is 1. The molecule has 2 saturated heterocycles. The summed E-state index contributed by atoms with van der Waals surface area (Å²) in [7, 11) is -3.53. The first kappa shape index (κ1) is 26.3. The van der Waals surface area contributed by atoms with E-state index < -0.39 is 10.0 Å². The maximum Gasteiger partial charge on any atom is 0.243 e. The van der Waals surface area contributed by atoms with Crippen molar-refractivity contribution in [2.75, 3.05) is 52.5 Å². The Bertz CT molecular complexity index is 1100. The Hall–Kier alpha value is -1.81. The zero-order valence-electron chi connectivity index (χ0n) is 20.2. The van der Waals surface area contributed by atoms with E-state index in [0.29, 0.717) is 49.4 Å². The highest BCUT2D eigenvalue weighted by Gasteiger charge is 2.28. The van der Waals surface area contributed by atoms with Crippen LogP contribution in [0.3, 0.4) is 0 Å². The summed E-state index contributed by atoms with van der Waals surface area (Å²) in [5.74, 6) is 0.468. The summed E-state index contributed by atoms with van der Waals surface area (Å²) in [4.78, 5) is 15.4. The molecule has 0 bridgehead atoms. The van der Waals surface area contributed by atoms with E-state index in [4.69, 9.17) is 16.3 Å². The first-order valence-electron chi connectivity index (χ1n) is 12.3. The molecule has 2 aromatic carbocycles. The smallest absolute Gasteiger partial charge is 0.243 e. The number of benzene rings is 2. The maximum absolute atomic E-state index is 12.9. The number of ketones is 1. The van der Waals surface area contributed by atoms with E-state index in [1.165, 1.54) is 0 Å². The van der Waals surface area contributed by atoms with E-state index in [2.05, 4.69) is 17.1 Å². The minimum absolute atomic E-state index is 0.0279. The van der Waals surface area contributed by atoms with Crippen LogP contribution < -0.4 is 5.32 Å². The number of hydrogen-bond acceptors (Lipinski definition) is 6. The van der Waals surface area contributed by atoms with E-state index in [1.807, 2.05) is 24.3 Å². The molecule has 1 N–H and O–H groups in total. The molecule has 2 aliphatic rings. The number of piperidine rings is 1. The minimum Gasteiger partial charge on any atom is -0.379 e. The fourth-order valence-corrected chi connectivity index (χ4v) is 6.41. The quantitative estimate of drug-likeness (QED) is 0.510. The van der Waals surface area contributed by atoms with Gasteiger partial charge in [0.2, 0.25) is 10.0 Å². The Kier molecular flexibility index (Phi) is 8.97. The molecule has 2 fully saturated rings. The number of hydrogen-bond donors (Lipinski definition) is 1. The van der Waals surface area contributed by atoms with Crippen LogP contribution in [0.1, 0.15) is 41.7 Å². The van der Waals surface area contributed by atoms with Crippen molar-refractivity contribution in [2.24, 2.45) is 5.92 Å². The lowest BCUT2D eigenvalue weighted by Crippen LogP contribution is -2.43. The highest BCUT2D eigenvalue weighted by molar-refractivity contribution is 7.89. The van der Waals surface area contributed by atoms with Crippen molar-refractivity contribution in [3.8, 4) is 0 Å². The molecule has 0 radical (unpaired) electrons. The third-order valence-corrected chi connectivity index (χ3v) is 9.19. The van der Waals surface area contributed by atoms with Gasteiger partial charge in [-0.2, -0.15) is 4.31 Å². The summed E-state index contributed by atoms with van der Waals surface area (Å²) in [6.07, 6.45) is 1.75. The average molecular weight is 520 g/mol. The van der Waals surface area contributed by atoms with Gasteiger partial charge in [-0.1, -0.05) is 48.9 Å². The van der Waals surface area contributed by atoms with Gasteiger partial charge in [-0.3, -0.25) is 9.69 Å². The van der Waals surface area contributed by atoms with Crippen LogP contribution in [0, 0.1) is 5.92 Å². The van der Waals surface area contributed by atoms with Crippen LogP contribution in [0.5, 0.6) is 0 Å². The van der Waals surface area contributed by atoms with Crippen LogP contribution in [0.25, 0.3) is 0 Å². The van der Waals surface area contributed by atoms with Crippen molar-refractivity contribution in [1.82, 2.24) is 14.5 Å². The SMILES string of the molecule is CC1CCN(S(=O)(=O)c2ccc(C(=O)CNCC(c3ccccc3Cl)N3CCOCC3)cc2)CC1. The van der Waals surface area contributed by atoms with Crippen LogP contribution in [-0.2, 0) is 14.8 Å². The van der Waals surface area contributed by atoms with Crippen LogP contribution >= 0.6 is 11.6 Å². The van der Waals surface area contributed by atoms with Gasteiger partial charge in [-0.15, -0.1) is 0 Å². The second-order valence-corrected chi connectivity index (χ2v) is 11.7. The number of rotatable bonds is 9. The van der Waals surface area contributed by atoms with E-state index >= 15 is 0 Å². The lowest BCUT2D eigenvalue weighted by atomic mass is 10.0. The number of sulfonamides is 1. The van der Waals surface area contributed by atoms with Crippen molar-refractivity contribution in [3.05, 3.63) is 64.7 Å². The predicted octanol–water partition coefficient (Wildman–Crippen LogP) is 3.61. The van der Waals surface area contributed by atoms with Crippen molar-refractivity contribution in [2.45, 2.75) is 30.7 Å². The molecule has 0 aliphatic carbocycles. The van der Waals surface area contributed by atoms with Crippen LogP contribution in [0.15, 0.2) is 53.4 Å². The number of halogens is 1.